The van der Waals surface area contributed by atoms with Crippen molar-refractivity contribution in [1.29, 1.82) is 0 Å². The lowest BCUT2D eigenvalue weighted by molar-refractivity contribution is 0.102. The Balaban J connectivity index is 1.26. The number of nitrogens with zero attached hydrogens (tertiary/aromatic N) is 2. The fourth-order valence-electron chi connectivity index (χ4n) is 3.93. The molecule has 190 valence electrons. The average molecular weight is 537 g/mol. The van der Waals surface area contributed by atoms with Crippen molar-refractivity contribution in [3.05, 3.63) is 69.5 Å². The van der Waals surface area contributed by atoms with E-state index >= 15 is 0 Å². The summed E-state index contributed by atoms with van der Waals surface area (Å²) in [5, 5.41) is 5.20. The number of thiazole rings is 1. The van der Waals surface area contributed by atoms with Crippen LogP contribution < -0.4 is 25.3 Å². The summed E-state index contributed by atoms with van der Waals surface area (Å²) < 4.78 is 16.0. The lowest BCUT2D eigenvalue weighted by Crippen LogP contribution is -2.37. The first kappa shape index (κ1) is 24.6. The molecule has 2 aromatic carbocycles. The van der Waals surface area contributed by atoms with E-state index in [2.05, 4.69) is 10.3 Å². The molecule has 5 rings (SSSR count). The number of fused-ring (bicyclic) bond motifs is 1. The van der Waals surface area contributed by atoms with E-state index in [1.54, 1.807) is 40.5 Å². The van der Waals surface area contributed by atoms with Gasteiger partial charge in [0.25, 0.3) is 5.91 Å². The number of anilines is 2. The first-order chi connectivity index (χ1) is 17.9. The number of nitrogens with two attached hydrogens (primary N) is 1. The zero-order chi connectivity index (χ0) is 25.9. The van der Waals surface area contributed by atoms with E-state index in [1.165, 1.54) is 25.6 Å². The molecular weight excluding hydrogens is 512 g/mol. The fourth-order valence-corrected chi connectivity index (χ4v) is 5.67. The number of thiophene rings is 1. The summed E-state index contributed by atoms with van der Waals surface area (Å²) in [6, 6.07) is 14.5. The summed E-state index contributed by atoms with van der Waals surface area (Å²) in [7, 11) is 3.05. The largest absolute Gasteiger partial charge is 0.493 e. The zero-order valence-electron chi connectivity index (χ0n) is 20.1. The van der Waals surface area contributed by atoms with Gasteiger partial charge in [0.15, 0.2) is 16.5 Å². The van der Waals surface area contributed by atoms with E-state index in [0.717, 1.165) is 21.0 Å². The molecule has 2 aromatic heterocycles. The maximum Gasteiger partial charge on any atom is 0.415 e. The quantitative estimate of drug-likeness (QED) is 0.322. The van der Waals surface area contributed by atoms with Crippen molar-refractivity contribution in [1.82, 2.24) is 9.88 Å². The fraction of sp³-hybridized carbons (Fsp3) is 0.192. The highest BCUT2D eigenvalue weighted by atomic mass is 32.1. The highest BCUT2D eigenvalue weighted by Gasteiger charge is 2.27. The van der Waals surface area contributed by atoms with E-state index in [4.69, 9.17) is 19.9 Å². The number of nitrogen functional groups attached to an aromatic ring is 1. The third-order valence-electron chi connectivity index (χ3n) is 5.85. The molecule has 0 saturated heterocycles. The standard InChI is InChI=1S/C26H24N4O5S2/c1-33-20-8-6-16(13-21(20)34-2)35-26(32)30-10-9-18-23(14-30)37-25(29-18)24(31)28-19-12-15(5-7-17(19)27)22-4-3-11-36-22/h3-8,11-13H,9-10,14,27H2,1-2H3,(H,28,31). The minimum atomic E-state index is -0.490. The number of nitrogens with one attached hydrogen (secondary N) is 1. The van der Waals surface area contributed by atoms with E-state index < -0.39 is 6.09 Å². The summed E-state index contributed by atoms with van der Waals surface area (Å²) in [6.45, 7) is 0.738. The topological polar surface area (TPSA) is 116 Å². The van der Waals surface area contributed by atoms with E-state index in [1.807, 2.05) is 29.6 Å². The number of methoxy groups -OCH3 is 2. The van der Waals surface area contributed by atoms with Crippen molar-refractivity contribution in [2.24, 2.45) is 0 Å². The number of carbonyl (C=O) groups excluding carboxylic acids is 2. The molecule has 0 aliphatic carbocycles. The molecule has 0 atom stereocenters. The minimum Gasteiger partial charge on any atom is -0.493 e. The second kappa shape index (κ2) is 10.5. The molecule has 1 aliphatic rings. The van der Waals surface area contributed by atoms with Crippen LogP contribution >= 0.6 is 22.7 Å². The first-order valence-electron chi connectivity index (χ1n) is 11.4. The van der Waals surface area contributed by atoms with Gasteiger partial charge in [0.1, 0.15) is 5.75 Å². The van der Waals surface area contributed by atoms with Gasteiger partial charge in [-0.05, 0) is 41.3 Å². The van der Waals surface area contributed by atoms with E-state index in [0.29, 0.717) is 53.1 Å². The van der Waals surface area contributed by atoms with Crippen LogP contribution in [0, 0.1) is 0 Å². The zero-order valence-corrected chi connectivity index (χ0v) is 21.8. The summed E-state index contributed by atoms with van der Waals surface area (Å²) in [6.07, 6.45) is 0.0336. The molecule has 0 spiro atoms. The Morgan fingerprint density at radius 2 is 1.92 bits per heavy atom. The van der Waals surface area contributed by atoms with Gasteiger partial charge in [0.2, 0.25) is 0 Å². The van der Waals surface area contributed by atoms with Crippen LogP contribution in [-0.2, 0) is 13.0 Å². The van der Waals surface area contributed by atoms with E-state index in [-0.39, 0.29) is 5.91 Å². The van der Waals surface area contributed by atoms with Gasteiger partial charge in [0.05, 0.1) is 37.8 Å². The Bertz CT molecular complexity index is 1450. The highest BCUT2D eigenvalue weighted by Crippen LogP contribution is 2.33. The Morgan fingerprint density at radius 3 is 2.68 bits per heavy atom. The number of aromatic nitrogens is 1. The SMILES string of the molecule is COc1ccc(OC(=O)N2CCc3nc(C(=O)Nc4cc(-c5cccs5)ccc4N)sc3C2)cc1OC. The third-order valence-corrected chi connectivity index (χ3v) is 7.85. The molecule has 3 N–H and O–H groups in total. The van der Waals surface area contributed by atoms with Gasteiger partial charge in [0, 0.05) is 28.8 Å². The Hall–Kier alpha value is -4.09. The Kier molecular flexibility index (Phi) is 6.97. The molecule has 0 fully saturated rings. The monoisotopic (exact) mass is 536 g/mol. The summed E-state index contributed by atoms with van der Waals surface area (Å²) >= 11 is 2.87. The van der Waals surface area contributed by atoms with Crippen LogP contribution in [0.4, 0.5) is 16.2 Å². The molecular formula is C26H24N4O5S2. The van der Waals surface area contributed by atoms with Crippen LogP contribution in [0.3, 0.4) is 0 Å². The van der Waals surface area contributed by atoms with Crippen molar-refractivity contribution in [2.45, 2.75) is 13.0 Å². The number of amides is 2. The molecule has 0 saturated carbocycles. The molecule has 3 heterocycles. The smallest absolute Gasteiger partial charge is 0.415 e. The molecule has 4 aromatic rings. The molecule has 2 amide bonds. The van der Waals surface area contributed by atoms with Crippen molar-refractivity contribution >= 4 is 46.0 Å². The molecule has 9 nitrogen and oxygen atoms in total. The lowest BCUT2D eigenvalue weighted by atomic mass is 10.1. The molecule has 37 heavy (non-hydrogen) atoms. The van der Waals surface area contributed by atoms with Gasteiger partial charge in [-0.3, -0.25) is 4.79 Å². The highest BCUT2D eigenvalue weighted by molar-refractivity contribution is 7.14. The van der Waals surface area contributed by atoms with Crippen LogP contribution in [0.5, 0.6) is 17.2 Å². The number of ether oxygens (including phenoxy) is 3. The number of hydrogen-bond acceptors (Lipinski definition) is 9. The summed E-state index contributed by atoms with van der Waals surface area (Å²) in [5.74, 6) is 1.02. The van der Waals surface area contributed by atoms with Crippen LogP contribution in [-0.4, -0.2) is 42.6 Å². The molecule has 0 radical (unpaired) electrons. The number of rotatable bonds is 6. The first-order valence-corrected chi connectivity index (χ1v) is 13.1. The maximum atomic E-state index is 13.0. The minimum absolute atomic E-state index is 0.308. The van der Waals surface area contributed by atoms with Gasteiger partial charge in [-0.25, -0.2) is 9.78 Å². The van der Waals surface area contributed by atoms with Crippen LogP contribution in [0.2, 0.25) is 0 Å². The lowest BCUT2D eigenvalue weighted by Gasteiger charge is -2.25. The van der Waals surface area contributed by atoms with Gasteiger partial charge in [-0.15, -0.1) is 22.7 Å². The predicted molar refractivity (Wildman–Crippen MR) is 144 cm³/mol. The Labute approximate surface area is 221 Å². The normalized spacial score (nSPS) is 12.5. The average Bonchev–Trinajstić information content (AvgIpc) is 3.60. The van der Waals surface area contributed by atoms with Gasteiger partial charge >= 0.3 is 6.09 Å². The van der Waals surface area contributed by atoms with Crippen LogP contribution in [0.25, 0.3) is 10.4 Å². The molecule has 0 bridgehead atoms. The molecule has 0 unspecified atom stereocenters. The number of carbonyl (C=O) groups is 2. The van der Waals surface area contributed by atoms with Crippen LogP contribution in [0.1, 0.15) is 20.4 Å². The number of hydrogen-bond donors (Lipinski definition) is 2. The van der Waals surface area contributed by atoms with Crippen molar-refractivity contribution in [3.63, 3.8) is 0 Å². The van der Waals surface area contributed by atoms with Crippen molar-refractivity contribution < 1.29 is 23.8 Å². The second-order valence-corrected chi connectivity index (χ2v) is 10.2. The van der Waals surface area contributed by atoms with Crippen LogP contribution in [0.15, 0.2) is 53.9 Å². The second-order valence-electron chi connectivity index (χ2n) is 8.18. The summed E-state index contributed by atoms with van der Waals surface area (Å²) in [5.41, 5.74) is 8.90. The van der Waals surface area contributed by atoms with Gasteiger partial charge in [-0.2, -0.15) is 0 Å². The molecule has 11 heteroatoms. The van der Waals surface area contributed by atoms with Gasteiger partial charge in [-0.1, -0.05) is 12.1 Å². The Morgan fingerprint density at radius 1 is 1.08 bits per heavy atom. The third kappa shape index (κ3) is 5.23. The number of benzene rings is 2. The van der Waals surface area contributed by atoms with Gasteiger partial charge < -0.3 is 30.2 Å². The summed E-state index contributed by atoms with van der Waals surface area (Å²) in [4.78, 5) is 33.9. The van der Waals surface area contributed by atoms with E-state index in [9.17, 15) is 9.59 Å². The molecule has 1 aliphatic heterocycles. The van der Waals surface area contributed by atoms with Crippen molar-refractivity contribution in [2.75, 3.05) is 31.8 Å². The maximum absolute atomic E-state index is 13.0. The van der Waals surface area contributed by atoms with Crippen molar-refractivity contribution in [3.8, 4) is 27.7 Å². The predicted octanol–water partition coefficient (Wildman–Crippen LogP) is 5.28.